The number of hydrogen-bond donors (Lipinski definition) is 1. The molecule has 2 aromatic carbocycles. The van der Waals surface area contributed by atoms with Crippen molar-refractivity contribution in [2.75, 3.05) is 13.2 Å². The van der Waals surface area contributed by atoms with E-state index >= 15 is 0 Å². The fourth-order valence-corrected chi connectivity index (χ4v) is 2.94. The van der Waals surface area contributed by atoms with Gasteiger partial charge >= 0.3 is 0 Å². The van der Waals surface area contributed by atoms with Crippen LogP contribution < -0.4 is 4.74 Å². The fourth-order valence-electron chi connectivity index (χ4n) is 2.57. The normalized spacial score (nSPS) is 12.1. The van der Waals surface area contributed by atoms with Gasteiger partial charge in [-0.2, -0.15) is 0 Å². The van der Waals surface area contributed by atoms with E-state index in [4.69, 9.17) is 4.74 Å². The number of unbranched alkanes of at least 4 members (excludes halogenated alkanes) is 1. The number of rotatable bonds is 8. The Hall–Kier alpha value is -1.32. The third-order valence-electron chi connectivity index (χ3n) is 3.72. The molecule has 1 atom stereocenters. The van der Waals surface area contributed by atoms with Crippen molar-refractivity contribution in [1.29, 1.82) is 0 Å². The van der Waals surface area contributed by atoms with Crippen molar-refractivity contribution in [1.82, 2.24) is 0 Å². The van der Waals surface area contributed by atoms with Crippen LogP contribution in [-0.2, 0) is 0 Å². The predicted octanol–water partition coefficient (Wildman–Crippen LogP) is 5.14. The van der Waals surface area contributed by atoms with Gasteiger partial charge in [0.1, 0.15) is 5.75 Å². The minimum atomic E-state index is 0.139. The molecule has 0 saturated carbocycles. The molecule has 0 spiro atoms. The van der Waals surface area contributed by atoms with Crippen LogP contribution in [0, 0.1) is 0 Å². The Morgan fingerprint density at radius 1 is 1.14 bits per heavy atom. The van der Waals surface area contributed by atoms with Crippen LogP contribution in [0.5, 0.6) is 5.75 Å². The Morgan fingerprint density at radius 3 is 2.59 bits per heavy atom. The van der Waals surface area contributed by atoms with Crippen LogP contribution in [0.3, 0.4) is 0 Å². The summed E-state index contributed by atoms with van der Waals surface area (Å²) >= 11 is 3.55. The molecule has 2 aromatic rings. The van der Waals surface area contributed by atoms with Crippen molar-refractivity contribution in [3.8, 4) is 5.75 Å². The van der Waals surface area contributed by atoms with E-state index in [2.05, 4.69) is 41.1 Å². The highest BCUT2D eigenvalue weighted by Gasteiger charge is 2.18. The minimum Gasteiger partial charge on any atom is -0.493 e. The summed E-state index contributed by atoms with van der Waals surface area (Å²) < 4.78 is 7.01. The molecule has 1 unspecified atom stereocenters. The maximum Gasteiger partial charge on any atom is 0.123 e. The monoisotopic (exact) mass is 362 g/mol. The fraction of sp³-hybridized carbons (Fsp3) is 0.368. The molecule has 0 amide bonds. The number of aliphatic hydroxyl groups is 1. The summed E-state index contributed by atoms with van der Waals surface area (Å²) in [7, 11) is 0. The second-order valence-electron chi connectivity index (χ2n) is 5.36. The largest absolute Gasteiger partial charge is 0.493 e. The molecule has 0 fully saturated rings. The maximum atomic E-state index is 9.48. The van der Waals surface area contributed by atoms with E-state index in [1.54, 1.807) is 0 Å². The standard InChI is InChI=1S/C19H23BrO2/c1-2-3-13-22-19-10-9-16(20)14-18(19)17(11-12-21)15-7-5-4-6-8-15/h4-10,14,17,21H,2-3,11-13H2,1H3. The third kappa shape index (κ3) is 4.59. The maximum absolute atomic E-state index is 9.48. The van der Waals surface area contributed by atoms with Crippen LogP contribution in [0.15, 0.2) is 53.0 Å². The number of hydrogen-bond acceptors (Lipinski definition) is 2. The Morgan fingerprint density at radius 2 is 1.91 bits per heavy atom. The molecule has 22 heavy (non-hydrogen) atoms. The first-order valence-corrected chi connectivity index (χ1v) is 8.63. The molecule has 2 rings (SSSR count). The average molecular weight is 363 g/mol. The molecule has 0 aliphatic rings. The Balaban J connectivity index is 2.35. The summed E-state index contributed by atoms with van der Waals surface area (Å²) in [6.45, 7) is 3.04. The highest BCUT2D eigenvalue weighted by molar-refractivity contribution is 9.10. The average Bonchev–Trinajstić information content (AvgIpc) is 2.55. The van der Waals surface area contributed by atoms with Gasteiger partial charge in [-0.3, -0.25) is 0 Å². The lowest BCUT2D eigenvalue weighted by molar-refractivity contribution is 0.276. The summed E-state index contributed by atoms with van der Waals surface area (Å²) in [5.41, 5.74) is 2.33. The number of halogens is 1. The van der Waals surface area contributed by atoms with Crippen LogP contribution in [0.1, 0.15) is 43.2 Å². The molecule has 0 aliphatic heterocycles. The summed E-state index contributed by atoms with van der Waals surface area (Å²) in [6, 6.07) is 16.4. The van der Waals surface area contributed by atoms with Crippen LogP contribution >= 0.6 is 15.9 Å². The zero-order chi connectivity index (χ0) is 15.8. The van der Waals surface area contributed by atoms with Gasteiger partial charge in [-0.05, 0) is 36.6 Å². The molecule has 118 valence electrons. The van der Waals surface area contributed by atoms with E-state index in [0.29, 0.717) is 6.42 Å². The zero-order valence-corrected chi connectivity index (χ0v) is 14.6. The summed E-state index contributed by atoms with van der Waals surface area (Å²) in [6.07, 6.45) is 2.85. The molecule has 3 heteroatoms. The molecule has 0 bridgehead atoms. The lowest BCUT2D eigenvalue weighted by Crippen LogP contribution is -2.07. The summed E-state index contributed by atoms with van der Waals surface area (Å²) in [5.74, 6) is 1.05. The van der Waals surface area contributed by atoms with Crippen molar-refractivity contribution >= 4 is 15.9 Å². The topological polar surface area (TPSA) is 29.5 Å². The van der Waals surface area contributed by atoms with Gasteiger partial charge in [-0.15, -0.1) is 0 Å². The van der Waals surface area contributed by atoms with Crippen LogP contribution in [0.2, 0.25) is 0 Å². The number of ether oxygens (including phenoxy) is 1. The summed E-state index contributed by atoms with van der Waals surface area (Å²) in [4.78, 5) is 0. The van der Waals surface area contributed by atoms with Crippen molar-refractivity contribution in [3.63, 3.8) is 0 Å². The molecule has 0 radical (unpaired) electrons. The van der Waals surface area contributed by atoms with E-state index in [1.807, 2.05) is 30.3 Å². The Labute approximate surface area is 141 Å². The number of aliphatic hydroxyl groups excluding tert-OH is 1. The van der Waals surface area contributed by atoms with Gasteiger partial charge in [0, 0.05) is 22.6 Å². The summed E-state index contributed by atoms with van der Waals surface area (Å²) in [5, 5.41) is 9.48. The first-order chi connectivity index (χ1) is 10.8. The highest BCUT2D eigenvalue weighted by atomic mass is 79.9. The Bertz CT molecular complexity index is 569. The third-order valence-corrected chi connectivity index (χ3v) is 4.22. The minimum absolute atomic E-state index is 0.139. The highest BCUT2D eigenvalue weighted by Crippen LogP contribution is 2.36. The van der Waals surface area contributed by atoms with E-state index in [1.165, 1.54) is 5.56 Å². The molecule has 1 N–H and O–H groups in total. The second-order valence-corrected chi connectivity index (χ2v) is 6.28. The van der Waals surface area contributed by atoms with Crippen molar-refractivity contribution < 1.29 is 9.84 Å². The smallest absolute Gasteiger partial charge is 0.123 e. The molecule has 0 aromatic heterocycles. The van der Waals surface area contributed by atoms with E-state index in [-0.39, 0.29) is 12.5 Å². The molecular weight excluding hydrogens is 340 g/mol. The van der Waals surface area contributed by atoms with Crippen LogP contribution in [0.25, 0.3) is 0 Å². The van der Waals surface area contributed by atoms with E-state index < -0.39 is 0 Å². The van der Waals surface area contributed by atoms with E-state index in [0.717, 1.165) is 35.2 Å². The van der Waals surface area contributed by atoms with Gasteiger partial charge in [0.05, 0.1) is 6.61 Å². The zero-order valence-electron chi connectivity index (χ0n) is 13.0. The van der Waals surface area contributed by atoms with Gasteiger partial charge in [0.15, 0.2) is 0 Å². The van der Waals surface area contributed by atoms with Crippen molar-refractivity contribution in [2.24, 2.45) is 0 Å². The van der Waals surface area contributed by atoms with Crippen molar-refractivity contribution in [2.45, 2.75) is 32.1 Å². The Kier molecular flexibility index (Phi) is 6.94. The van der Waals surface area contributed by atoms with Gasteiger partial charge in [-0.25, -0.2) is 0 Å². The lowest BCUT2D eigenvalue weighted by Gasteiger charge is -2.21. The van der Waals surface area contributed by atoms with Gasteiger partial charge in [0.25, 0.3) is 0 Å². The lowest BCUT2D eigenvalue weighted by atomic mass is 9.88. The molecule has 0 saturated heterocycles. The van der Waals surface area contributed by atoms with E-state index in [9.17, 15) is 5.11 Å². The van der Waals surface area contributed by atoms with Gasteiger partial charge in [0.2, 0.25) is 0 Å². The molecule has 0 heterocycles. The SMILES string of the molecule is CCCCOc1ccc(Br)cc1C(CCO)c1ccccc1. The predicted molar refractivity (Wildman–Crippen MR) is 94.5 cm³/mol. The molecule has 0 aliphatic carbocycles. The van der Waals surface area contributed by atoms with Gasteiger partial charge < -0.3 is 9.84 Å². The van der Waals surface area contributed by atoms with Crippen LogP contribution in [0.4, 0.5) is 0 Å². The van der Waals surface area contributed by atoms with Gasteiger partial charge in [-0.1, -0.05) is 59.6 Å². The first kappa shape index (κ1) is 17.0. The van der Waals surface area contributed by atoms with Crippen LogP contribution in [-0.4, -0.2) is 18.3 Å². The first-order valence-electron chi connectivity index (χ1n) is 7.84. The molecule has 2 nitrogen and oxygen atoms in total. The quantitative estimate of drug-likeness (QED) is 0.658. The second kappa shape index (κ2) is 8.96. The van der Waals surface area contributed by atoms with Crippen molar-refractivity contribution in [3.05, 3.63) is 64.1 Å². The molecular formula is C19H23BrO2. The number of benzene rings is 2.